The van der Waals surface area contributed by atoms with Crippen LogP contribution in [0.1, 0.15) is 27.2 Å². The smallest absolute Gasteiger partial charge is 0.322 e. The van der Waals surface area contributed by atoms with Crippen LogP contribution in [-0.2, 0) is 9.53 Å². The molecule has 2 N–H and O–H groups in total. The summed E-state index contributed by atoms with van der Waals surface area (Å²) in [5.74, 6) is -0.272. The molecule has 0 fully saturated rings. The van der Waals surface area contributed by atoms with Crippen molar-refractivity contribution in [2.24, 2.45) is 0 Å². The van der Waals surface area contributed by atoms with Crippen LogP contribution in [0.15, 0.2) is 0 Å². The fourth-order valence-electron chi connectivity index (χ4n) is 0.808. The Morgan fingerprint density at radius 3 is 2.62 bits per heavy atom. The number of nitrogens with one attached hydrogen (secondary N) is 1. The minimum absolute atomic E-state index is 0.272. The van der Waals surface area contributed by atoms with Crippen molar-refractivity contribution in [1.82, 2.24) is 5.32 Å². The zero-order valence-corrected chi connectivity index (χ0v) is 8.54. The molecule has 0 saturated carbocycles. The highest BCUT2D eigenvalue weighted by Crippen LogP contribution is 1.91. The third-order valence-electron chi connectivity index (χ3n) is 1.77. The SMILES string of the molecule is CCOC(=O)C(C)NCC(O)CC. The van der Waals surface area contributed by atoms with Crippen molar-refractivity contribution < 1.29 is 14.6 Å². The van der Waals surface area contributed by atoms with E-state index in [1.807, 2.05) is 6.92 Å². The predicted octanol–water partition coefficient (Wildman–Crippen LogP) is 0.298. The first-order chi connectivity index (χ1) is 6.11. The average Bonchev–Trinajstić information content (AvgIpc) is 2.13. The topological polar surface area (TPSA) is 58.6 Å². The molecule has 0 aromatic rings. The number of hydrogen-bond donors (Lipinski definition) is 2. The number of rotatable bonds is 6. The van der Waals surface area contributed by atoms with Gasteiger partial charge in [0.15, 0.2) is 0 Å². The van der Waals surface area contributed by atoms with E-state index in [9.17, 15) is 9.90 Å². The van der Waals surface area contributed by atoms with Crippen LogP contribution < -0.4 is 5.32 Å². The molecule has 0 bridgehead atoms. The molecule has 78 valence electrons. The monoisotopic (exact) mass is 189 g/mol. The van der Waals surface area contributed by atoms with Crippen molar-refractivity contribution in [3.05, 3.63) is 0 Å². The van der Waals surface area contributed by atoms with E-state index in [-0.39, 0.29) is 12.0 Å². The van der Waals surface area contributed by atoms with Crippen LogP contribution in [0.2, 0.25) is 0 Å². The highest BCUT2D eigenvalue weighted by Gasteiger charge is 2.13. The maximum Gasteiger partial charge on any atom is 0.322 e. The minimum atomic E-state index is -0.392. The molecule has 0 aliphatic heterocycles. The van der Waals surface area contributed by atoms with E-state index >= 15 is 0 Å². The number of aliphatic hydroxyl groups is 1. The van der Waals surface area contributed by atoms with Crippen LogP contribution in [0.3, 0.4) is 0 Å². The Bertz CT molecular complexity index is 150. The van der Waals surface area contributed by atoms with Crippen LogP contribution in [0.4, 0.5) is 0 Å². The Morgan fingerprint density at radius 2 is 2.15 bits per heavy atom. The molecule has 0 heterocycles. The number of ether oxygens (including phenoxy) is 1. The van der Waals surface area contributed by atoms with Crippen molar-refractivity contribution in [2.75, 3.05) is 13.2 Å². The Morgan fingerprint density at radius 1 is 1.54 bits per heavy atom. The summed E-state index contributed by atoms with van der Waals surface area (Å²) in [6.07, 6.45) is 0.291. The third-order valence-corrected chi connectivity index (χ3v) is 1.77. The second-order valence-electron chi connectivity index (χ2n) is 2.94. The summed E-state index contributed by atoms with van der Waals surface area (Å²) >= 11 is 0. The summed E-state index contributed by atoms with van der Waals surface area (Å²) in [5, 5.41) is 12.1. The second-order valence-corrected chi connectivity index (χ2v) is 2.94. The Kier molecular flexibility index (Phi) is 6.54. The molecule has 2 unspecified atom stereocenters. The fourth-order valence-corrected chi connectivity index (χ4v) is 0.808. The number of esters is 1. The normalized spacial score (nSPS) is 15.1. The largest absolute Gasteiger partial charge is 0.465 e. The van der Waals surface area contributed by atoms with Crippen LogP contribution in [0, 0.1) is 0 Å². The molecule has 0 aliphatic rings. The van der Waals surface area contributed by atoms with Gasteiger partial charge in [0.05, 0.1) is 12.7 Å². The van der Waals surface area contributed by atoms with Crippen molar-refractivity contribution >= 4 is 5.97 Å². The number of aliphatic hydroxyl groups excluding tert-OH is 1. The van der Waals surface area contributed by atoms with Gasteiger partial charge in [-0.05, 0) is 20.3 Å². The maximum absolute atomic E-state index is 11.1. The van der Waals surface area contributed by atoms with Gasteiger partial charge >= 0.3 is 5.97 Å². The molecular formula is C9H19NO3. The maximum atomic E-state index is 11.1. The van der Waals surface area contributed by atoms with Gasteiger partial charge in [0.2, 0.25) is 0 Å². The molecule has 0 aromatic carbocycles. The molecule has 2 atom stereocenters. The van der Waals surface area contributed by atoms with E-state index in [0.29, 0.717) is 19.6 Å². The minimum Gasteiger partial charge on any atom is -0.465 e. The van der Waals surface area contributed by atoms with Gasteiger partial charge in [0.1, 0.15) is 6.04 Å². The van der Waals surface area contributed by atoms with Crippen LogP contribution in [0.5, 0.6) is 0 Å². The first-order valence-corrected chi connectivity index (χ1v) is 4.69. The molecule has 13 heavy (non-hydrogen) atoms. The summed E-state index contributed by atoms with van der Waals surface area (Å²) in [4.78, 5) is 11.1. The van der Waals surface area contributed by atoms with Gasteiger partial charge in [0, 0.05) is 6.54 Å². The third kappa shape index (κ3) is 5.60. The number of carbonyl (C=O) groups excluding carboxylic acids is 1. The van der Waals surface area contributed by atoms with E-state index in [1.54, 1.807) is 13.8 Å². The van der Waals surface area contributed by atoms with Crippen molar-refractivity contribution in [1.29, 1.82) is 0 Å². The highest BCUT2D eigenvalue weighted by molar-refractivity contribution is 5.75. The standard InChI is InChI=1S/C9H19NO3/c1-4-8(11)6-10-7(3)9(12)13-5-2/h7-8,10-11H,4-6H2,1-3H3. The van der Waals surface area contributed by atoms with Crippen molar-refractivity contribution in [3.63, 3.8) is 0 Å². The van der Waals surface area contributed by atoms with Crippen LogP contribution in [0.25, 0.3) is 0 Å². The summed E-state index contributed by atoms with van der Waals surface area (Å²) in [6, 6.07) is -0.346. The lowest BCUT2D eigenvalue weighted by atomic mass is 10.2. The van der Waals surface area contributed by atoms with Crippen molar-refractivity contribution in [2.45, 2.75) is 39.3 Å². The van der Waals surface area contributed by atoms with E-state index in [1.165, 1.54) is 0 Å². The van der Waals surface area contributed by atoms with Gasteiger partial charge in [-0.2, -0.15) is 0 Å². The predicted molar refractivity (Wildman–Crippen MR) is 50.4 cm³/mol. The molecule has 0 aliphatic carbocycles. The molecule has 0 rings (SSSR count). The lowest BCUT2D eigenvalue weighted by Gasteiger charge is -2.14. The molecule has 0 saturated heterocycles. The van der Waals surface area contributed by atoms with E-state index in [4.69, 9.17) is 4.74 Å². The Hall–Kier alpha value is -0.610. The van der Waals surface area contributed by atoms with Gasteiger partial charge in [-0.3, -0.25) is 4.79 Å². The van der Waals surface area contributed by atoms with E-state index < -0.39 is 6.10 Å². The summed E-state index contributed by atoms with van der Waals surface area (Å²) < 4.78 is 4.79. The quantitative estimate of drug-likeness (QED) is 0.590. The average molecular weight is 189 g/mol. The molecule has 0 radical (unpaired) electrons. The fraction of sp³-hybridized carbons (Fsp3) is 0.889. The molecule has 4 heteroatoms. The molecule has 0 aromatic heterocycles. The number of carbonyl (C=O) groups is 1. The van der Waals surface area contributed by atoms with E-state index in [2.05, 4.69) is 5.32 Å². The first-order valence-electron chi connectivity index (χ1n) is 4.69. The van der Waals surface area contributed by atoms with Crippen LogP contribution in [-0.4, -0.2) is 36.4 Å². The summed E-state index contributed by atoms with van der Waals surface area (Å²) in [7, 11) is 0. The molecule has 0 amide bonds. The summed E-state index contributed by atoms with van der Waals surface area (Å²) in [5.41, 5.74) is 0. The van der Waals surface area contributed by atoms with Crippen LogP contribution >= 0.6 is 0 Å². The zero-order valence-electron chi connectivity index (χ0n) is 8.54. The second kappa shape index (κ2) is 6.86. The van der Waals surface area contributed by atoms with Crippen molar-refractivity contribution in [3.8, 4) is 0 Å². The molecular weight excluding hydrogens is 170 g/mol. The van der Waals surface area contributed by atoms with E-state index in [0.717, 1.165) is 0 Å². The van der Waals surface area contributed by atoms with Gasteiger partial charge in [-0.1, -0.05) is 6.92 Å². The molecule has 4 nitrogen and oxygen atoms in total. The lowest BCUT2D eigenvalue weighted by molar-refractivity contribution is -0.145. The van der Waals surface area contributed by atoms with Gasteiger partial charge in [0.25, 0.3) is 0 Å². The van der Waals surface area contributed by atoms with Gasteiger partial charge < -0.3 is 15.2 Å². The Balaban J connectivity index is 3.60. The zero-order chi connectivity index (χ0) is 10.3. The highest BCUT2D eigenvalue weighted by atomic mass is 16.5. The Labute approximate surface area is 79.3 Å². The summed E-state index contributed by atoms with van der Waals surface area (Å²) in [6.45, 7) is 6.20. The lowest BCUT2D eigenvalue weighted by Crippen LogP contribution is -2.39. The van der Waals surface area contributed by atoms with Gasteiger partial charge in [-0.15, -0.1) is 0 Å². The van der Waals surface area contributed by atoms with Gasteiger partial charge in [-0.25, -0.2) is 0 Å². The first kappa shape index (κ1) is 12.4. The number of hydrogen-bond acceptors (Lipinski definition) is 4. The molecule has 0 spiro atoms.